The van der Waals surface area contributed by atoms with Gasteiger partial charge in [0.05, 0.1) is 19.3 Å². The lowest BCUT2D eigenvalue weighted by atomic mass is 10.0. The molecule has 0 bridgehead atoms. The van der Waals surface area contributed by atoms with E-state index in [0.29, 0.717) is 12.4 Å². The molecule has 2 aromatic rings. The quantitative estimate of drug-likeness (QED) is 0.918. The van der Waals surface area contributed by atoms with E-state index in [1.807, 2.05) is 26.0 Å². The van der Waals surface area contributed by atoms with E-state index in [9.17, 15) is 0 Å². The minimum Gasteiger partial charge on any atom is -0.496 e. The van der Waals surface area contributed by atoms with Crippen LogP contribution in [0.1, 0.15) is 22.6 Å². The number of aryl methyl sites for hydroxylation is 3. The SMILES string of the molecule is COc1cc(C)c(-c2cc(C)nc(CN)n2)cc1C. The third kappa shape index (κ3) is 2.74. The fraction of sp³-hybridized carbons (Fsp3) is 0.333. The van der Waals surface area contributed by atoms with Gasteiger partial charge in [-0.05, 0) is 50.1 Å². The lowest BCUT2D eigenvalue weighted by Gasteiger charge is -2.12. The van der Waals surface area contributed by atoms with Gasteiger partial charge >= 0.3 is 0 Å². The Bertz CT molecular complexity index is 609. The van der Waals surface area contributed by atoms with Crippen molar-refractivity contribution in [1.82, 2.24) is 9.97 Å². The van der Waals surface area contributed by atoms with E-state index in [2.05, 4.69) is 23.0 Å². The van der Waals surface area contributed by atoms with E-state index in [0.717, 1.165) is 33.8 Å². The van der Waals surface area contributed by atoms with Crippen molar-refractivity contribution >= 4 is 0 Å². The van der Waals surface area contributed by atoms with E-state index in [4.69, 9.17) is 10.5 Å². The van der Waals surface area contributed by atoms with E-state index < -0.39 is 0 Å². The number of aromatic nitrogens is 2. The minimum atomic E-state index is 0.350. The molecule has 0 spiro atoms. The van der Waals surface area contributed by atoms with Gasteiger partial charge in [0.1, 0.15) is 11.6 Å². The molecular weight excluding hydrogens is 238 g/mol. The van der Waals surface area contributed by atoms with E-state index in [1.165, 1.54) is 0 Å². The highest BCUT2D eigenvalue weighted by atomic mass is 16.5. The second-order valence-electron chi connectivity index (χ2n) is 4.65. The zero-order chi connectivity index (χ0) is 14.0. The topological polar surface area (TPSA) is 61.0 Å². The molecule has 1 heterocycles. The summed E-state index contributed by atoms with van der Waals surface area (Å²) < 4.78 is 5.33. The molecule has 0 fully saturated rings. The Balaban J connectivity index is 2.58. The molecule has 0 aliphatic rings. The van der Waals surface area contributed by atoms with Crippen LogP contribution in [0.3, 0.4) is 0 Å². The highest BCUT2D eigenvalue weighted by molar-refractivity contribution is 5.66. The van der Waals surface area contributed by atoms with E-state index in [1.54, 1.807) is 7.11 Å². The van der Waals surface area contributed by atoms with Gasteiger partial charge in [-0.1, -0.05) is 0 Å². The Hall–Kier alpha value is -1.94. The normalized spacial score (nSPS) is 10.6. The summed E-state index contributed by atoms with van der Waals surface area (Å²) in [4.78, 5) is 8.81. The number of nitrogens with zero attached hydrogens (tertiary/aromatic N) is 2. The maximum absolute atomic E-state index is 5.63. The summed E-state index contributed by atoms with van der Waals surface area (Å²) >= 11 is 0. The lowest BCUT2D eigenvalue weighted by molar-refractivity contribution is 0.411. The summed E-state index contributed by atoms with van der Waals surface area (Å²) in [5, 5.41) is 0. The third-order valence-electron chi connectivity index (χ3n) is 3.10. The van der Waals surface area contributed by atoms with Gasteiger partial charge in [-0.3, -0.25) is 0 Å². The molecule has 0 aliphatic heterocycles. The molecule has 0 radical (unpaired) electrons. The molecule has 1 aromatic heterocycles. The number of hydrogen-bond donors (Lipinski definition) is 1. The maximum Gasteiger partial charge on any atom is 0.142 e. The summed E-state index contributed by atoms with van der Waals surface area (Å²) in [6.07, 6.45) is 0. The van der Waals surface area contributed by atoms with Crippen LogP contribution < -0.4 is 10.5 Å². The highest BCUT2D eigenvalue weighted by Crippen LogP contribution is 2.29. The fourth-order valence-electron chi connectivity index (χ4n) is 2.14. The van der Waals surface area contributed by atoms with Gasteiger partial charge in [0.15, 0.2) is 0 Å². The van der Waals surface area contributed by atoms with Crippen LogP contribution in [0.15, 0.2) is 18.2 Å². The van der Waals surface area contributed by atoms with Crippen LogP contribution in [0.25, 0.3) is 11.3 Å². The molecular formula is C15H19N3O. The third-order valence-corrected chi connectivity index (χ3v) is 3.10. The monoisotopic (exact) mass is 257 g/mol. The molecule has 0 saturated carbocycles. The number of benzene rings is 1. The van der Waals surface area contributed by atoms with Crippen molar-refractivity contribution in [3.8, 4) is 17.0 Å². The van der Waals surface area contributed by atoms with Gasteiger partial charge in [0.25, 0.3) is 0 Å². The van der Waals surface area contributed by atoms with E-state index in [-0.39, 0.29) is 0 Å². The molecule has 0 atom stereocenters. The first-order valence-electron chi connectivity index (χ1n) is 6.25. The smallest absolute Gasteiger partial charge is 0.142 e. The number of hydrogen-bond acceptors (Lipinski definition) is 4. The average molecular weight is 257 g/mol. The number of ether oxygens (including phenoxy) is 1. The molecule has 4 heteroatoms. The Morgan fingerprint density at radius 1 is 1.05 bits per heavy atom. The van der Waals surface area contributed by atoms with Crippen molar-refractivity contribution in [1.29, 1.82) is 0 Å². The molecule has 4 nitrogen and oxygen atoms in total. The number of nitrogens with two attached hydrogens (primary N) is 1. The summed E-state index contributed by atoms with van der Waals surface area (Å²) in [7, 11) is 1.68. The molecule has 0 unspecified atom stereocenters. The van der Waals surface area contributed by atoms with Crippen LogP contribution in [-0.2, 0) is 6.54 Å². The summed E-state index contributed by atoms with van der Waals surface area (Å²) in [5.74, 6) is 1.56. The molecule has 0 amide bonds. The predicted octanol–water partition coefficient (Wildman–Crippen LogP) is 2.54. The van der Waals surface area contributed by atoms with Crippen LogP contribution in [0.4, 0.5) is 0 Å². The van der Waals surface area contributed by atoms with Crippen molar-refractivity contribution in [3.05, 3.63) is 40.8 Å². The Labute approximate surface area is 113 Å². The zero-order valence-electron chi connectivity index (χ0n) is 11.8. The first kappa shape index (κ1) is 13.5. The van der Waals surface area contributed by atoms with Gasteiger partial charge in [0.2, 0.25) is 0 Å². The Kier molecular flexibility index (Phi) is 3.81. The standard InChI is InChI=1S/C15H19N3O/c1-9-6-14(19-4)10(2)5-12(9)13-7-11(3)17-15(8-16)18-13/h5-7H,8,16H2,1-4H3. The van der Waals surface area contributed by atoms with Crippen molar-refractivity contribution in [3.63, 3.8) is 0 Å². The molecule has 1 aromatic carbocycles. The summed E-state index contributed by atoms with van der Waals surface area (Å²) in [6, 6.07) is 6.11. The summed E-state index contributed by atoms with van der Waals surface area (Å²) in [5.41, 5.74) is 10.8. The molecule has 0 aliphatic carbocycles. The van der Waals surface area contributed by atoms with Gasteiger partial charge < -0.3 is 10.5 Å². The molecule has 19 heavy (non-hydrogen) atoms. The van der Waals surface area contributed by atoms with Crippen molar-refractivity contribution < 1.29 is 4.74 Å². The summed E-state index contributed by atoms with van der Waals surface area (Å²) in [6.45, 7) is 6.38. The largest absolute Gasteiger partial charge is 0.496 e. The fourth-order valence-corrected chi connectivity index (χ4v) is 2.14. The van der Waals surface area contributed by atoms with Crippen molar-refractivity contribution in [2.45, 2.75) is 27.3 Å². The minimum absolute atomic E-state index is 0.350. The highest BCUT2D eigenvalue weighted by Gasteiger charge is 2.10. The zero-order valence-corrected chi connectivity index (χ0v) is 11.8. The lowest BCUT2D eigenvalue weighted by Crippen LogP contribution is -2.05. The van der Waals surface area contributed by atoms with Crippen LogP contribution >= 0.6 is 0 Å². The average Bonchev–Trinajstić information content (AvgIpc) is 2.40. The van der Waals surface area contributed by atoms with Crippen LogP contribution in [-0.4, -0.2) is 17.1 Å². The maximum atomic E-state index is 5.63. The van der Waals surface area contributed by atoms with Crippen molar-refractivity contribution in [2.75, 3.05) is 7.11 Å². The molecule has 2 rings (SSSR count). The molecule has 0 saturated heterocycles. The van der Waals surface area contributed by atoms with Gasteiger partial charge in [-0.25, -0.2) is 9.97 Å². The Morgan fingerprint density at radius 3 is 2.42 bits per heavy atom. The van der Waals surface area contributed by atoms with Crippen molar-refractivity contribution in [2.24, 2.45) is 5.73 Å². The van der Waals surface area contributed by atoms with Gasteiger partial charge in [0, 0.05) is 11.3 Å². The van der Waals surface area contributed by atoms with Gasteiger partial charge in [-0.15, -0.1) is 0 Å². The number of rotatable bonds is 3. The second kappa shape index (κ2) is 5.36. The molecule has 2 N–H and O–H groups in total. The predicted molar refractivity (Wildman–Crippen MR) is 76.1 cm³/mol. The number of methoxy groups -OCH3 is 1. The van der Waals surface area contributed by atoms with Crippen LogP contribution in [0.2, 0.25) is 0 Å². The van der Waals surface area contributed by atoms with Gasteiger partial charge in [-0.2, -0.15) is 0 Å². The Morgan fingerprint density at radius 2 is 1.79 bits per heavy atom. The van der Waals surface area contributed by atoms with Crippen LogP contribution in [0.5, 0.6) is 5.75 Å². The first-order chi connectivity index (χ1) is 9.05. The molecule has 100 valence electrons. The van der Waals surface area contributed by atoms with E-state index >= 15 is 0 Å². The second-order valence-corrected chi connectivity index (χ2v) is 4.65. The first-order valence-corrected chi connectivity index (χ1v) is 6.25. The van der Waals surface area contributed by atoms with Crippen LogP contribution in [0, 0.1) is 20.8 Å².